The van der Waals surface area contributed by atoms with Gasteiger partial charge < -0.3 is 17.2 Å². The molecule has 0 aliphatic heterocycles. The first-order valence-electron chi connectivity index (χ1n) is 7.28. The summed E-state index contributed by atoms with van der Waals surface area (Å²) in [6.07, 6.45) is 0. The van der Waals surface area contributed by atoms with Gasteiger partial charge in [0.1, 0.15) is 9.79 Å². The molecule has 9 nitrogen and oxygen atoms in total. The van der Waals surface area contributed by atoms with E-state index < -0.39 is 30.0 Å². The van der Waals surface area contributed by atoms with Gasteiger partial charge in [0.25, 0.3) is 20.2 Å². The molecule has 0 heterocycles. The maximum absolute atomic E-state index is 11.2. The first kappa shape index (κ1) is 20.5. The van der Waals surface area contributed by atoms with Gasteiger partial charge in [0.05, 0.1) is 0 Å². The van der Waals surface area contributed by atoms with E-state index in [0.717, 1.165) is 23.5 Å². The Morgan fingerprint density at radius 3 is 1.52 bits per heavy atom. The van der Waals surface area contributed by atoms with Gasteiger partial charge in [-0.25, -0.2) is 0 Å². The highest BCUT2D eigenvalue weighted by Gasteiger charge is 2.20. The fourth-order valence-corrected chi connectivity index (χ4v) is 3.72. The van der Waals surface area contributed by atoms with Gasteiger partial charge in [0.2, 0.25) is 0 Å². The molecule has 0 unspecified atom stereocenters. The average molecular weight is 411 g/mol. The van der Waals surface area contributed by atoms with E-state index in [2.05, 4.69) is 0 Å². The van der Waals surface area contributed by atoms with E-state index in [9.17, 15) is 16.8 Å². The Labute approximate surface area is 155 Å². The van der Waals surface area contributed by atoms with Crippen LogP contribution < -0.4 is 17.2 Å². The SMILES string of the molecule is Nc1cc(S(=O)(=O)O)c2cccc(S(=O)(=O)O)c2c1.Nc1ccc(N)cc1. The Bertz CT molecular complexity index is 1170. The van der Waals surface area contributed by atoms with E-state index in [1.54, 1.807) is 24.3 Å². The molecule has 27 heavy (non-hydrogen) atoms. The van der Waals surface area contributed by atoms with E-state index in [-0.39, 0.29) is 16.5 Å². The molecule has 8 N–H and O–H groups in total. The highest BCUT2D eigenvalue weighted by atomic mass is 32.2. The summed E-state index contributed by atoms with van der Waals surface area (Å²) >= 11 is 0. The Morgan fingerprint density at radius 2 is 1.07 bits per heavy atom. The predicted octanol–water partition coefficient (Wildman–Crippen LogP) is 1.77. The van der Waals surface area contributed by atoms with Crippen molar-refractivity contribution in [2.75, 3.05) is 17.2 Å². The van der Waals surface area contributed by atoms with Crippen LogP contribution >= 0.6 is 0 Å². The maximum Gasteiger partial charge on any atom is 0.295 e. The molecule has 0 spiro atoms. The van der Waals surface area contributed by atoms with E-state index in [1.165, 1.54) is 18.2 Å². The molecule has 0 aliphatic rings. The van der Waals surface area contributed by atoms with E-state index in [0.29, 0.717) is 0 Å². The lowest BCUT2D eigenvalue weighted by molar-refractivity contribution is 0.481. The molecule has 11 heteroatoms. The Balaban J connectivity index is 0.000000273. The van der Waals surface area contributed by atoms with Crippen molar-refractivity contribution in [3.8, 4) is 0 Å². The van der Waals surface area contributed by atoms with Gasteiger partial charge in [0, 0.05) is 27.8 Å². The summed E-state index contributed by atoms with van der Waals surface area (Å²) in [6, 6.07) is 12.9. The zero-order valence-corrected chi connectivity index (χ0v) is 15.4. The number of rotatable bonds is 2. The topological polar surface area (TPSA) is 187 Å². The molecular formula is C16H17N3O6S2. The molecule has 144 valence electrons. The number of hydrogen-bond donors (Lipinski definition) is 5. The minimum atomic E-state index is -4.57. The van der Waals surface area contributed by atoms with Gasteiger partial charge in [-0.05, 0) is 42.5 Å². The Hall–Kier alpha value is -2.86. The molecule has 0 saturated heterocycles. The van der Waals surface area contributed by atoms with Crippen LogP contribution in [-0.2, 0) is 20.2 Å². The van der Waals surface area contributed by atoms with E-state index in [4.69, 9.17) is 26.3 Å². The molecule has 0 radical (unpaired) electrons. The second-order valence-corrected chi connectivity index (χ2v) is 8.27. The number of benzene rings is 3. The van der Waals surface area contributed by atoms with Crippen LogP contribution in [0.1, 0.15) is 0 Å². The van der Waals surface area contributed by atoms with Crippen LogP contribution in [0.3, 0.4) is 0 Å². The molecule has 0 atom stereocenters. The predicted molar refractivity (Wildman–Crippen MR) is 103 cm³/mol. The van der Waals surface area contributed by atoms with Crippen LogP contribution in [0, 0.1) is 0 Å². The quantitative estimate of drug-likeness (QED) is 0.309. The van der Waals surface area contributed by atoms with Crippen molar-refractivity contribution in [3.63, 3.8) is 0 Å². The summed E-state index contributed by atoms with van der Waals surface area (Å²) in [5.74, 6) is 0. The lowest BCUT2D eigenvalue weighted by Crippen LogP contribution is -2.04. The molecule has 0 saturated carbocycles. The summed E-state index contributed by atoms with van der Waals surface area (Å²) in [7, 11) is -9.11. The lowest BCUT2D eigenvalue weighted by Gasteiger charge is -2.08. The lowest BCUT2D eigenvalue weighted by atomic mass is 10.1. The molecule has 3 aromatic rings. The van der Waals surface area contributed by atoms with Crippen molar-refractivity contribution < 1.29 is 25.9 Å². The van der Waals surface area contributed by atoms with Crippen LogP contribution in [0.2, 0.25) is 0 Å². The minimum Gasteiger partial charge on any atom is -0.399 e. The van der Waals surface area contributed by atoms with Gasteiger partial charge in [0.15, 0.2) is 0 Å². The second kappa shape index (κ2) is 7.40. The monoisotopic (exact) mass is 411 g/mol. The minimum absolute atomic E-state index is 0.0492. The normalized spacial score (nSPS) is 11.6. The molecule has 3 aromatic carbocycles. The third-order valence-electron chi connectivity index (χ3n) is 3.43. The van der Waals surface area contributed by atoms with E-state index in [1.807, 2.05) is 0 Å². The summed E-state index contributed by atoms with van der Waals surface area (Å²) in [4.78, 5) is -1.00. The van der Waals surface area contributed by atoms with Crippen LogP contribution in [-0.4, -0.2) is 25.9 Å². The van der Waals surface area contributed by atoms with Crippen LogP contribution in [0.25, 0.3) is 10.8 Å². The fourth-order valence-electron chi connectivity index (χ4n) is 2.28. The van der Waals surface area contributed by atoms with Crippen LogP contribution in [0.4, 0.5) is 17.1 Å². The number of hydrogen-bond acceptors (Lipinski definition) is 7. The molecule has 0 amide bonds. The molecule has 3 rings (SSSR count). The first-order valence-corrected chi connectivity index (χ1v) is 10.2. The maximum atomic E-state index is 11.2. The van der Waals surface area contributed by atoms with Gasteiger partial charge in [-0.1, -0.05) is 12.1 Å². The van der Waals surface area contributed by atoms with Crippen LogP contribution in [0.5, 0.6) is 0 Å². The molecular weight excluding hydrogens is 394 g/mol. The molecule has 0 aliphatic carbocycles. The summed E-state index contributed by atoms with van der Waals surface area (Å²) < 4.78 is 63.1. The van der Waals surface area contributed by atoms with Crippen molar-refractivity contribution in [1.29, 1.82) is 0 Å². The average Bonchev–Trinajstić information content (AvgIpc) is 2.55. The summed E-state index contributed by atoms with van der Waals surface area (Å²) in [5, 5.41) is -0.135. The zero-order valence-electron chi connectivity index (χ0n) is 13.8. The van der Waals surface area contributed by atoms with Gasteiger partial charge in [-0.3, -0.25) is 9.11 Å². The highest BCUT2D eigenvalue weighted by Crippen LogP contribution is 2.30. The fraction of sp³-hybridized carbons (Fsp3) is 0. The van der Waals surface area contributed by atoms with Crippen molar-refractivity contribution >= 4 is 48.1 Å². The van der Waals surface area contributed by atoms with Gasteiger partial charge in [-0.2, -0.15) is 16.8 Å². The zero-order chi connectivity index (χ0) is 20.4. The highest BCUT2D eigenvalue weighted by molar-refractivity contribution is 7.86. The molecule has 0 fully saturated rings. The van der Waals surface area contributed by atoms with Crippen molar-refractivity contribution in [2.24, 2.45) is 0 Å². The van der Waals surface area contributed by atoms with Crippen molar-refractivity contribution in [3.05, 3.63) is 54.6 Å². The molecule has 0 bridgehead atoms. The third-order valence-corrected chi connectivity index (χ3v) is 5.24. The smallest absolute Gasteiger partial charge is 0.295 e. The van der Waals surface area contributed by atoms with Crippen molar-refractivity contribution in [1.82, 2.24) is 0 Å². The van der Waals surface area contributed by atoms with Gasteiger partial charge in [-0.15, -0.1) is 0 Å². The van der Waals surface area contributed by atoms with E-state index >= 15 is 0 Å². The number of nitrogen functional groups attached to an aromatic ring is 3. The number of fused-ring (bicyclic) bond motifs is 1. The molecule has 0 aromatic heterocycles. The third kappa shape index (κ3) is 5.08. The Morgan fingerprint density at radius 1 is 0.593 bits per heavy atom. The number of nitrogens with two attached hydrogens (primary N) is 3. The summed E-state index contributed by atoms with van der Waals surface area (Å²) in [6.45, 7) is 0. The summed E-state index contributed by atoms with van der Waals surface area (Å²) in [5.41, 5.74) is 17.7. The Kier molecular flexibility index (Phi) is 5.61. The first-order chi connectivity index (χ1) is 12.4. The van der Waals surface area contributed by atoms with Gasteiger partial charge >= 0.3 is 0 Å². The standard InChI is InChI=1S/C10H9NO6S2.C6H8N2/c11-6-4-8-7(10(5-6)19(15,16)17)2-1-3-9(8)18(12,13)14;7-5-1-2-6(8)4-3-5/h1-5H,11H2,(H,12,13,14)(H,15,16,17);1-4H,7-8H2. The van der Waals surface area contributed by atoms with Crippen LogP contribution in [0.15, 0.2) is 64.4 Å². The number of anilines is 3. The second-order valence-electron chi connectivity index (χ2n) is 5.49. The largest absolute Gasteiger partial charge is 0.399 e. The van der Waals surface area contributed by atoms with Crippen molar-refractivity contribution in [2.45, 2.75) is 9.79 Å².